The molecule has 5 nitrogen and oxygen atoms in total. The number of allylic oxidation sites excluding steroid dienone is 6. The molecule has 0 bridgehead atoms. The summed E-state index contributed by atoms with van der Waals surface area (Å²) in [5.74, 6) is -0.109. The monoisotopic (exact) mass is 376 g/mol. The summed E-state index contributed by atoms with van der Waals surface area (Å²) in [6.45, 7) is 2.62. The number of unbranched alkanes of at least 4 members (excludes halogenated alkanes) is 5. The Bertz CT molecular complexity index is 498. The molecule has 1 fully saturated rings. The van der Waals surface area contributed by atoms with Crippen LogP contribution in [0.25, 0.3) is 0 Å². The summed E-state index contributed by atoms with van der Waals surface area (Å²) in [6, 6.07) is 0. The summed E-state index contributed by atoms with van der Waals surface area (Å²) in [6.07, 6.45) is 23.9. The number of carbonyl (C=O) groups excluding carboxylic acids is 2. The van der Waals surface area contributed by atoms with Crippen LogP contribution >= 0.6 is 0 Å². The van der Waals surface area contributed by atoms with Crippen LogP contribution in [-0.2, 0) is 14.4 Å². The fourth-order valence-corrected chi connectivity index (χ4v) is 2.71. The molecule has 0 saturated carbocycles. The minimum absolute atomic E-state index is 0.0209. The van der Waals surface area contributed by atoms with E-state index < -0.39 is 0 Å². The maximum atomic E-state index is 11.7. The summed E-state index contributed by atoms with van der Waals surface area (Å²) in [7, 11) is 0. The van der Waals surface area contributed by atoms with Gasteiger partial charge in [-0.3, -0.25) is 14.4 Å². The largest absolute Gasteiger partial charge is 0.353 e. The minimum Gasteiger partial charge on any atom is -0.353 e. The van der Waals surface area contributed by atoms with E-state index in [1.54, 1.807) is 0 Å². The van der Waals surface area contributed by atoms with Gasteiger partial charge in [0, 0.05) is 13.0 Å². The first-order valence-electron chi connectivity index (χ1n) is 10.4. The molecule has 0 aliphatic carbocycles. The molecule has 1 atom stereocenters. The van der Waals surface area contributed by atoms with Gasteiger partial charge in [-0.15, -0.1) is 0 Å². The van der Waals surface area contributed by atoms with Crippen LogP contribution in [0.4, 0.5) is 0 Å². The molecular weight excluding hydrogens is 340 g/mol. The van der Waals surface area contributed by atoms with Gasteiger partial charge >= 0.3 is 0 Å². The second-order valence-corrected chi connectivity index (χ2v) is 6.90. The maximum absolute atomic E-state index is 11.7. The average molecular weight is 377 g/mol. The van der Waals surface area contributed by atoms with E-state index in [4.69, 9.17) is 4.84 Å². The normalized spacial score (nSPS) is 17.4. The third-order valence-corrected chi connectivity index (χ3v) is 4.32. The Morgan fingerprint density at radius 1 is 1.04 bits per heavy atom. The van der Waals surface area contributed by atoms with Crippen molar-refractivity contribution in [1.82, 2.24) is 10.8 Å². The van der Waals surface area contributed by atoms with E-state index in [1.165, 1.54) is 25.7 Å². The van der Waals surface area contributed by atoms with Crippen molar-refractivity contribution in [3.05, 3.63) is 36.5 Å². The quantitative estimate of drug-likeness (QED) is 0.326. The van der Waals surface area contributed by atoms with Crippen molar-refractivity contribution in [2.24, 2.45) is 0 Å². The molecule has 2 amide bonds. The highest BCUT2D eigenvalue weighted by molar-refractivity contribution is 5.78. The number of carbonyl (C=O) groups is 2. The molecule has 1 heterocycles. The molecule has 27 heavy (non-hydrogen) atoms. The van der Waals surface area contributed by atoms with Crippen LogP contribution < -0.4 is 10.8 Å². The summed E-state index contributed by atoms with van der Waals surface area (Å²) < 4.78 is 0. The molecule has 0 spiro atoms. The first kappa shape index (κ1) is 23.2. The molecule has 1 saturated heterocycles. The van der Waals surface area contributed by atoms with Crippen LogP contribution in [0.1, 0.15) is 77.6 Å². The third kappa shape index (κ3) is 13.9. The SMILES string of the molecule is CCCCCC=CCC=CCC=CCCCCC(=O)NCC1CC(=O)NO1. The second-order valence-electron chi connectivity index (χ2n) is 6.90. The molecule has 1 unspecified atom stereocenters. The van der Waals surface area contributed by atoms with Crippen LogP contribution in [0, 0.1) is 0 Å². The first-order chi connectivity index (χ1) is 13.2. The van der Waals surface area contributed by atoms with Crippen molar-refractivity contribution in [3.8, 4) is 0 Å². The highest BCUT2D eigenvalue weighted by atomic mass is 16.7. The summed E-state index contributed by atoms with van der Waals surface area (Å²) in [5, 5.41) is 2.81. The van der Waals surface area contributed by atoms with Gasteiger partial charge in [-0.25, -0.2) is 5.48 Å². The Kier molecular flexibility index (Phi) is 14.0. The lowest BCUT2D eigenvalue weighted by atomic mass is 10.1. The molecule has 1 rings (SSSR count). The molecule has 1 aliphatic heterocycles. The highest BCUT2D eigenvalue weighted by Crippen LogP contribution is 2.05. The first-order valence-corrected chi connectivity index (χ1v) is 10.4. The van der Waals surface area contributed by atoms with Crippen molar-refractivity contribution in [2.45, 2.75) is 83.7 Å². The van der Waals surface area contributed by atoms with E-state index in [1.807, 2.05) is 0 Å². The van der Waals surface area contributed by atoms with Gasteiger partial charge < -0.3 is 5.32 Å². The number of nitrogens with one attached hydrogen (secondary N) is 2. The zero-order valence-corrected chi connectivity index (χ0v) is 16.8. The predicted molar refractivity (Wildman–Crippen MR) is 110 cm³/mol. The average Bonchev–Trinajstić information content (AvgIpc) is 3.08. The Hall–Kier alpha value is -1.88. The standard InChI is InChI=1S/C22H36N2O3/c1-2-3-4-5-6-7-8-9-10-11-12-13-14-15-16-17-21(25)23-19-20-18-22(26)24-27-20/h6-7,9-10,12-13,20H,2-5,8,11,14-19H2,1H3,(H,23,25)(H,24,26). The van der Waals surface area contributed by atoms with Gasteiger partial charge in [0.05, 0.1) is 6.42 Å². The van der Waals surface area contributed by atoms with Gasteiger partial charge in [-0.05, 0) is 44.9 Å². The zero-order valence-electron chi connectivity index (χ0n) is 16.8. The second kappa shape index (κ2) is 16.3. The lowest BCUT2D eigenvalue weighted by Gasteiger charge is -2.08. The molecule has 0 aromatic rings. The van der Waals surface area contributed by atoms with Crippen LogP contribution in [0.5, 0.6) is 0 Å². The van der Waals surface area contributed by atoms with E-state index in [2.05, 4.69) is 54.2 Å². The number of amides is 2. The van der Waals surface area contributed by atoms with Gasteiger partial charge in [0.25, 0.3) is 0 Å². The van der Waals surface area contributed by atoms with Crippen molar-refractivity contribution in [1.29, 1.82) is 0 Å². The van der Waals surface area contributed by atoms with Crippen LogP contribution in [0.2, 0.25) is 0 Å². The number of rotatable bonds is 15. The number of hydrogen-bond donors (Lipinski definition) is 2. The van der Waals surface area contributed by atoms with Crippen molar-refractivity contribution in [2.75, 3.05) is 6.54 Å². The fourth-order valence-electron chi connectivity index (χ4n) is 2.71. The van der Waals surface area contributed by atoms with E-state index in [0.29, 0.717) is 19.4 Å². The summed E-state index contributed by atoms with van der Waals surface area (Å²) in [5.41, 5.74) is 2.29. The predicted octanol–water partition coefficient (Wildman–Crippen LogP) is 4.51. The van der Waals surface area contributed by atoms with Crippen LogP contribution in [0.3, 0.4) is 0 Å². The van der Waals surface area contributed by atoms with Crippen LogP contribution in [-0.4, -0.2) is 24.5 Å². The summed E-state index contributed by atoms with van der Waals surface area (Å²) >= 11 is 0. The van der Waals surface area contributed by atoms with Gasteiger partial charge in [-0.1, -0.05) is 56.2 Å². The molecule has 5 heteroatoms. The van der Waals surface area contributed by atoms with E-state index >= 15 is 0 Å². The molecule has 0 aromatic heterocycles. The van der Waals surface area contributed by atoms with E-state index in [9.17, 15) is 9.59 Å². The molecule has 2 N–H and O–H groups in total. The van der Waals surface area contributed by atoms with Gasteiger partial charge in [0.1, 0.15) is 6.10 Å². The molecule has 0 aromatic carbocycles. The lowest BCUT2D eigenvalue weighted by molar-refractivity contribution is -0.124. The molecule has 0 radical (unpaired) electrons. The Morgan fingerprint density at radius 2 is 1.67 bits per heavy atom. The fraction of sp³-hybridized carbons (Fsp3) is 0.636. The molecular formula is C22H36N2O3. The maximum Gasteiger partial charge on any atom is 0.246 e. The zero-order chi connectivity index (χ0) is 19.6. The van der Waals surface area contributed by atoms with Gasteiger partial charge in [0.2, 0.25) is 11.8 Å². The smallest absolute Gasteiger partial charge is 0.246 e. The number of hydroxylamine groups is 1. The van der Waals surface area contributed by atoms with Gasteiger partial charge in [0.15, 0.2) is 0 Å². The lowest BCUT2D eigenvalue weighted by Crippen LogP contribution is -2.32. The van der Waals surface area contributed by atoms with E-state index in [0.717, 1.165) is 32.1 Å². The minimum atomic E-state index is -0.242. The summed E-state index contributed by atoms with van der Waals surface area (Å²) in [4.78, 5) is 27.7. The number of hydrogen-bond acceptors (Lipinski definition) is 3. The van der Waals surface area contributed by atoms with Crippen molar-refractivity contribution < 1.29 is 14.4 Å². The van der Waals surface area contributed by atoms with E-state index in [-0.39, 0.29) is 17.9 Å². The highest BCUT2D eigenvalue weighted by Gasteiger charge is 2.22. The topological polar surface area (TPSA) is 67.4 Å². The van der Waals surface area contributed by atoms with Crippen LogP contribution in [0.15, 0.2) is 36.5 Å². The van der Waals surface area contributed by atoms with Crippen molar-refractivity contribution in [3.63, 3.8) is 0 Å². The van der Waals surface area contributed by atoms with Gasteiger partial charge in [-0.2, -0.15) is 0 Å². The van der Waals surface area contributed by atoms with Crippen molar-refractivity contribution >= 4 is 11.8 Å². The Labute approximate surface area is 164 Å². The third-order valence-electron chi connectivity index (χ3n) is 4.32. The Morgan fingerprint density at radius 3 is 2.26 bits per heavy atom. The molecule has 1 aliphatic rings. The Balaban J connectivity index is 1.88. The molecule has 152 valence electrons.